The normalized spacial score (nSPS) is 20.2. The van der Waals surface area contributed by atoms with Gasteiger partial charge in [0.05, 0.1) is 11.6 Å². The molecule has 0 aliphatic carbocycles. The number of anilines is 1. The molecule has 5 nitrogen and oxygen atoms in total. The van der Waals surface area contributed by atoms with Crippen LogP contribution in [0.3, 0.4) is 0 Å². The quantitative estimate of drug-likeness (QED) is 0.836. The second kappa shape index (κ2) is 5.75. The smallest absolute Gasteiger partial charge is 0.260 e. The SMILES string of the molecule is CN1CCSCC1c1noc(-c2cc(Br)ccc2N)n1. The van der Waals surface area contributed by atoms with Gasteiger partial charge in [-0.05, 0) is 25.2 Å². The van der Waals surface area contributed by atoms with Crippen LogP contribution in [0.2, 0.25) is 0 Å². The average molecular weight is 355 g/mol. The Hall–Kier alpha value is -1.05. The molecule has 1 unspecified atom stereocenters. The molecule has 3 rings (SSSR count). The molecule has 0 amide bonds. The minimum Gasteiger partial charge on any atom is -0.398 e. The molecule has 106 valence electrons. The summed E-state index contributed by atoms with van der Waals surface area (Å²) < 4.78 is 6.33. The lowest BCUT2D eigenvalue weighted by Gasteiger charge is -2.29. The van der Waals surface area contributed by atoms with Crippen LogP contribution in [0.5, 0.6) is 0 Å². The molecule has 1 aromatic carbocycles. The first-order valence-electron chi connectivity index (χ1n) is 6.32. The number of thioether (sulfide) groups is 1. The second-order valence-electron chi connectivity index (χ2n) is 4.76. The molecule has 2 N–H and O–H groups in total. The van der Waals surface area contributed by atoms with E-state index in [9.17, 15) is 0 Å². The number of nitrogens with zero attached hydrogens (tertiary/aromatic N) is 3. The molecule has 7 heteroatoms. The Morgan fingerprint density at radius 1 is 1.50 bits per heavy atom. The standard InChI is InChI=1S/C13H15BrN4OS/c1-18-4-5-20-7-11(18)12-16-13(19-17-12)9-6-8(14)2-3-10(9)15/h2-3,6,11H,4-5,7,15H2,1H3. The van der Waals surface area contributed by atoms with Crippen LogP contribution in [0, 0.1) is 0 Å². The number of nitrogens with two attached hydrogens (primary N) is 1. The highest BCUT2D eigenvalue weighted by Gasteiger charge is 2.26. The first kappa shape index (κ1) is 13.9. The Labute approximate surface area is 130 Å². The number of halogens is 1. The van der Waals surface area contributed by atoms with E-state index in [2.05, 4.69) is 38.0 Å². The molecule has 1 atom stereocenters. The fraction of sp³-hybridized carbons (Fsp3) is 0.385. The highest BCUT2D eigenvalue weighted by molar-refractivity contribution is 9.10. The van der Waals surface area contributed by atoms with Crippen molar-refractivity contribution in [1.29, 1.82) is 0 Å². The predicted octanol–water partition coefficient (Wildman–Crippen LogP) is 2.80. The van der Waals surface area contributed by atoms with E-state index in [1.807, 2.05) is 30.0 Å². The first-order chi connectivity index (χ1) is 9.65. The number of hydrogen-bond acceptors (Lipinski definition) is 6. The molecule has 20 heavy (non-hydrogen) atoms. The monoisotopic (exact) mass is 354 g/mol. The molecule has 1 fully saturated rings. The molecule has 1 aliphatic rings. The van der Waals surface area contributed by atoms with Crippen LogP contribution in [0.15, 0.2) is 27.2 Å². The molecule has 0 radical (unpaired) electrons. The lowest BCUT2D eigenvalue weighted by Crippen LogP contribution is -2.33. The van der Waals surface area contributed by atoms with Crippen LogP contribution in [-0.4, -0.2) is 40.1 Å². The van der Waals surface area contributed by atoms with E-state index >= 15 is 0 Å². The maximum atomic E-state index is 5.97. The van der Waals surface area contributed by atoms with Gasteiger partial charge >= 0.3 is 0 Å². The topological polar surface area (TPSA) is 68.2 Å². The third-order valence-electron chi connectivity index (χ3n) is 3.38. The van der Waals surface area contributed by atoms with Gasteiger partial charge in [0.15, 0.2) is 5.82 Å². The Morgan fingerprint density at radius 3 is 3.15 bits per heavy atom. The molecule has 1 aliphatic heterocycles. The predicted molar refractivity (Wildman–Crippen MR) is 84.5 cm³/mol. The fourth-order valence-electron chi connectivity index (χ4n) is 2.15. The van der Waals surface area contributed by atoms with Gasteiger partial charge in [0.1, 0.15) is 0 Å². The van der Waals surface area contributed by atoms with Crippen molar-refractivity contribution in [2.24, 2.45) is 0 Å². The number of benzene rings is 1. The summed E-state index contributed by atoms with van der Waals surface area (Å²) in [7, 11) is 2.09. The molecule has 0 bridgehead atoms. The second-order valence-corrected chi connectivity index (χ2v) is 6.83. The minimum atomic E-state index is 0.208. The third-order valence-corrected chi connectivity index (χ3v) is 4.90. The van der Waals surface area contributed by atoms with Gasteiger partial charge in [-0.15, -0.1) is 0 Å². The van der Waals surface area contributed by atoms with Crippen molar-refractivity contribution in [3.63, 3.8) is 0 Å². The Morgan fingerprint density at radius 2 is 2.35 bits per heavy atom. The molecule has 2 heterocycles. The summed E-state index contributed by atoms with van der Waals surface area (Å²) in [4.78, 5) is 6.78. The van der Waals surface area contributed by atoms with Crippen molar-refractivity contribution in [2.75, 3.05) is 30.8 Å². The molecule has 2 aromatic rings. The van der Waals surface area contributed by atoms with Crippen LogP contribution >= 0.6 is 27.7 Å². The van der Waals surface area contributed by atoms with E-state index < -0.39 is 0 Å². The van der Waals surface area contributed by atoms with Crippen LogP contribution < -0.4 is 5.73 Å². The van der Waals surface area contributed by atoms with Crippen LogP contribution in [0.1, 0.15) is 11.9 Å². The summed E-state index contributed by atoms with van der Waals surface area (Å²) in [5, 5.41) is 4.13. The van der Waals surface area contributed by atoms with Crippen molar-refractivity contribution in [2.45, 2.75) is 6.04 Å². The molecule has 1 saturated heterocycles. The van der Waals surface area contributed by atoms with Crippen LogP contribution in [0.25, 0.3) is 11.5 Å². The van der Waals surface area contributed by atoms with Gasteiger partial charge < -0.3 is 10.3 Å². The van der Waals surface area contributed by atoms with Gasteiger partial charge in [-0.2, -0.15) is 16.7 Å². The van der Waals surface area contributed by atoms with E-state index in [0.717, 1.165) is 33.9 Å². The van der Waals surface area contributed by atoms with E-state index in [4.69, 9.17) is 10.3 Å². The zero-order valence-electron chi connectivity index (χ0n) is 11.0. The van der Waals surface area contributed by atoms with Gasteiger partial charge in [-0.1, -0.05) is 21.1 Å². The summed E-state index contributed by atoms with van der Waals surface area (Å²) in [6.45, 7) is 1.04. The summed E-state index contributed by atoms with van der Waals surface area (Å²) in [5.41, 5.74) is 7.38. The van der Waals surface area contributed by atoms with E-state index in [1.54, 1.807) is 0 Å². The number of nitrogen functional groups attached to an aromatic ring is 1. The summed E-state index contributed by atoms with van der Waals surface area (Å²) in [6, 6.07) is 5.82. The molecular weight excluding hydrogens is 340 g/mol. The summed E-state index contributed by atoms with van der Waals surface area (Å²) in [6.07, 6.45) is 0. The average Bonchev–Trinajstić information content (AvgIpc) is 2.91. The van der Waals surface area contributed by atoms with Gasteiger partial charge in [0.25, 0.3) is 5.89 Å². The zero-order chi connectivity index (χ0) is 14.1. The van der Waals surface area contributed by atoms with E-state index in [-0.39, 0.29) is 6.04 Å². The van der Waals surface area contributed by atoms with Gasteiger partial charge in [0.2, 0.25) is 0 Å². The lowest BCUT2D eigenvalue weighted by atomic mass is 10.2. The molecule has 0 spiro atoms. The van der Waals surface area contributed by atoms with E-state index in [0.29, 0.717) is 11.6 Å². The highest BCUT2D eigenvalue weighted by Crippen LogP contribution is 2.31. The summed E-state index contributed by atoms with van der Waals surface area (Å²) >= 11 is 5.35. The minimum absolute atomic E-state index is 0.208. The Bertz CT molecular complexity index is 618. The van der Waals surface area contributed by atoms with Crippen molar-refractivity contribution in [3.05, 3.63) is 28.5 Å². The van der Waals surface area contributed by atoms with Crippen molar-refractivity contribution in [3.8, 4) is 11.5 Å². The number of hydrogen-bond donors (Lipinski definition) is 1. The number of aromatic nitrogens is 2. The molecule has 0 saturated carbocycles. The first-order valence-corrected chi connectivity index (χ1v) is 8.27. The van der Waals surface area contributed by atoms with E-state index in [1.165, 1.54) is 0 Å². The maximum absolute atomic E-state index is 5.97. The highest BCUT2D eigenvalue weighted by atomic mass is 79.9. The maximum Gasteiger partial charge on any atom is 0.260 e. The Kier molecular flexibility index (Phi) is 4.00. The van der Waals surface area contributed by atoms with Crippen molar-refractivity contribution >= 4 is 33.4 Å². The fourth-order valence-corrected chi connectivity index (χ4v) is 3.72. The van der Waals surface area contributed by atoms with Crippen LogP contribution in [0.4, 0.5) is 5.69 Å². The van der Waals surface area contributed by atoms with Gasteiger partial charge in [0, 0.05) is 28.2 Å². The Balaban J connectivity index is 1.91. The van der Waals surface area contributed by atoms with Gasteiger partial charge in [-0.25, -0.2) is 0 Å². The van der Waals surface area contributed by atoms with Gasteiger partial charge in [-0.3, -0.25) is 4.90 Å². The number of rotatable bonds is 2. The third kappa shape index (κ3) is 2.70. The lowest BCUT2D eigenvalue weighted by molar-refractivity contribution is 0.257. The van der Waals surface area contributed by atoms with Crippen LogP contribution in [-0.2, 0) is 0 Å². The molecular formula is C13H15BrN4OS. The van der Waals surface area contributed by atoms with Crippen molar-refractivity contribution < 1.29 is 4.52 Å². The summed E-state index contributed by atoms with van der Waals surface area (Å²) in [5.74, 6) is 3.34. The van der Waals surface area contributed by atoms with Crippen molar-refractivity contribution in [1.82, 2.24) is 15.0 Å². The zero-order valence-corrected chi connectivity index (χ0v) is 13.4. The largest absolute Gasteiger partial charge is 0.398 e. The molecule has 1 aromatic heterocycles.